The summed E-state index contributed by atoms with van der Waals surface area (Å²) in [7, 11) is 0. The van der Waals surface area contributed by atoms with E-state index in [2.05, 4.69) is 25.4 Å². The molecule has 4 heteroatoms. The zero-order valence-corrected chi connectivity index (χ0v) is 12.0. The van der Waals surface area contributed by atoms with Crippen LogP contribution >= 0.6 is 23.4 Å². The van der Waals surface area contributed by atoms with E-state index in [4.69, 9.17) is 11.6 Å². The lowest BCUT2D eigenvalue weighted by Crippen LogP contribution is -2.29. The summed E-state index contributed by atoms with van der Waals surface area (Å²) in [5.74, 6) is 0.781. The fourth-order valence-electron chi connectivity index (χ4n) is 1.68. The summed E-state index contributed by atoms with van der Waals surface area (Å²) in [6.45, 7) is 4.23. The molecule has 0 spiro atoms. The van der Waals surface area contributed by atoms with Crippen molar-refractivity contribution in [3.63, 3.8) is 0 Å². The van der Waals surface area contributed by atoms with Gasteiger partial charge in [0.25, 0.3) is 0 Å². The maximum absolute atomic E-state index is 13.0. The third-order valence-electron chi connectivity index (χ3n) is 2.73. The molecule has 0 aliphatic heterocycles. The van der Waals surface area contributed by atoms with E-state index < -0.39 is 0 Å². The van der Waals surface area contributed by atoms with Gasteiger partial charge >= 0.3 is 0 Å². The Bertz CT molecular complexity index is 359. The van der Waals surface area contributed by atoms with E-state index in [-0.39, 0.29) is 16.9 Å². The third-order valence-corrected chi connectivity index (χ3v) is 3.67. The molecule has 0 fully saturated rings. The molecule has 0 aliphatic rings. The number of rotatable bonds is 6. The predicted octanol–water partition coefficient (Wildman–Crippen LogP) is 4.27. The summed E-state index contributed by atoms with van der Waals surface area (Å²) < 4.78 is 13.0. The zero-order valence-electron chi connectivity index (χ0n) is 10.5. The van der Waals surface area contributed by atoms with Crippen molar-refractivity contribution >= 4 is 23.4 Å². The lowest BCUT2D eigenvalue weighted by molar-refractivity contribution is 0.471. The smallest absolute Gasteiger partial charge is 0.141 e. The van der Waals surface area contributed by atoms with Crippen LogP contribution in [0.2, 0.25) is 5.02 Å². The van der Waals surface area contributed by atoms with Crippen LogP contribution in [0, 0.1) is 5.82 Å². The van der Waals surface area contributed by atoms with E-state index in [0.717, 1.165) is 17.7 Å². The molecule has 0 heterocycles. The Kier molecular flexibility index (Phi) is 6.31. The summed E-state index contributed by atoms with van der Waals surface area (Å²) in [5.41, 5.74) is 1.02. The molecule has 0 saturated heterocycles. The molecule has 0 bridgehead atoms. The van der Waals surface area contributed by atoms with E-state index in [1.165, 1.54) is 6.07 Å². The number of hydrogen-bond acceptors (Lipinski definition) is 2. The lowest BCUT2D eigenvalue weighted by atomic mass is 10.1. The number of benzene rings is 1. The van der Waals surface area contributed by atoms with Crippen molar-refractivity contribution in [1.29, 1.82) is 0 Å². The van der Waals surface area contributed by atoms with Crippen LogP contribution in [0.1, 0.15) is 31.9 Å². The van der Waals surface area contributed by atoms with Crippen molar-refractivity contribution < 1.29 is 4.39 Å². The largest absolute Gasteiger partial charge is 0.308 e. The highest BCUT2D eigenvalue weighted by Crippen LogP contribution is 2.21. The second-order valence-electron chi connectivity index (χ2n) is 4.24. The van der Waals surface area contributed by atoms with Gasteiger partial charge in [0.05, 0.1) is 5.02 Å². The van der Waals surface area contributed by atoms with Crippen molar-refractivity contribution in [2.24, 2.45) is 0 Å². The quantitative estimate of drug-likeness (QED) is 0.832. The Morgan fingerprint density at radius 3 is 2.71 bits per heavy atom. The number of halogens is 2. The van der Waals surface area contributed by atoms with Gasteiger partial charge in [-0.15, -0.1) is 0 Å². The minimum absolute atomic E-state index is 0.185. The highest BCUT2D eigenvalue weighted by Gasteiger charge is 2.10. The van der Waals surface area contributed by atoms with Crippen LogP contribution < -0.4 is 5.32 Å². The Balaban J connectivity index is 2.57. The Hall–Kier alpha value is -0.250. The molecule has 0 saturated carbocycles. The first-order chi connectivity index (χ1) is 8.04. The zero-order chi connectivity index (χ0) is 12.8. The van der Waals surface area contributed by atoms with Crippen LogP contribution in [-0.2, 0) is 0 Å². The summed E-state index contributed by atoms with van der Waals surface area (Å²) in [6.07, 6.45) is 3.23. The molecule has 2 atom stereocenters. The molecular weight excluding hydrogens is 257 g/mol. The Morgan fingerprint density at radius 1 is 1.41 bits per heavy atom. The molecule has 0 aromatic heterocycles. The van der Waals surface area contributed by atoms with Gasteiger partial charge in [0, 0.05) is 12.1 Å². The first-order valence-corrected chi connectivity index (χ1v) is 7.51. The fraction of sp³-hybridized carbons (Fsp3) is 0.538. The van der Waals surface area contributed by atoms with Crippen LogP contribution in [0.5, 0.6) is 0 Å². The van der Waals surface area contributed by atoms with Crippen molar-refractivity contribution in [2.45, 2.75) is 32.4 Å². The van der Waals surface area contributed by atoms with Crippen LogP contribution in [-0.4, -0.2) is 18.1 Å². The molecule has 1 aromatic rings. The SMILES string of the molecule is CSCCC(C)NC(C)c1ccc(F)c(Cl)c1. The molecule has 1 N–H and O–H groups in total. The summed E-state index contributed by atoms with van der Waals surface area (Å²) in [6, 6.07) is 5.52. The Morgan fingerprint density at radius 2 is 2.12 bits per heavy atom. The highest BCUT2D eigenvalue weighted by molar-refractivity contribution is 7.98. The third kappa shape index (κ3) is 4.86. The highest BCUT2D eigenvalue weighted by atomic mass is 35.5. The van der Waals surface area contributed by atoms with Crippen LogP contribution in [0.4, 0.5) is 4.39 Å². The summed E-state index contributed by atoms with van der Waals surface area (Å²) >= 11 is 7.62. The predicted molar refractivity (Wildman–Crippen MR) is 75.4 cm³/mol. The van der Waals surface area contributed by atoms with Gasteiger partial charge in [0.2, 0.25) is 0 Å². The van der Waals surface area contributed by atoms with Gasteiger partial charge < -0.3 is 5.32 Å². The summed E-state index contributed by atoms with van der Waals surface area (Å²) in [4.78, 5) is 0. The Labute approximate surface area is 112 Å². The first kappa shape index (κ1) is 14.8. The number of nitrogens with one attached hydrogen (secondary N) is 1. The average Bonchev–Trinajstić information content (AvgIpc) is 2.30. The van der Waals surface area contributed by atoms with Gasteiger partial charge in [-0.25, -0.2) is 4.39 Å². The van der Waals surface area contributed by atoms with E-state index in [0.29, 0.717) is 6.04 Å². The van der Waals surface area contributed by atoms with E-state index >= 15 is 0 Å². The van der Waals surface area contributed by atoms with Gasteiger partial charge in [0.15, 0.2) is 0 Å². The lowest BCUT2D eigenvalue weighted by Gasteiger charge is -2.20. The van der Waals surface area contributed by atoms with Crippen molar-refractivity contribution in [2.75, 3.05) is 12.0 Å². The molecule has 17 heavy (non-hydrogen) atoms. The molecule has 1 rings (SSSR count). The number of hydrogen-bond donors (Lipinski definition) is 1. The minimum atomic E-state index is -0.363. The van der Waals surface area contributed by atoms with E-state index in [1.807, 2.05) is 11.8 Å². The topological polar surface area (TPSA) is 12.0 Å². The second kappa shape index (κ2) is 7.24. The minimum Gasteiger partial charge on any atom is -0.308 e. The van der Waals surface area contributed by atoms with Crippen LogP contribution in [0.15, 0.2) is 18.2 Å². The van der Waals surface area contributed by atoms with Crippen LogP contribution in [0.25, 0.3) is 0 Å². The van der Waals surface area contributed by atoms with Gasteiger partial charge in [-0.1, -0.05) is 17.7 Å². The second-order valence-corrected chi connectivity index (χ2v) is 5.64. The monoisotopic (exact) mass is 275 g/mol. The molecular formula is C13H19ClFNS. The van der Waals surface area contributed by atoms with Crippen molar-refractivity contribution in [3.8, 4) is 0 Å². The van der Waals surface area contributed by atoms with Gasteiger partial charge in [-0.2, -0.15) is 11.8 Å². The average molecular weight is 276 g/mol. The first-order valence-electron chi connectivity index (χ1n) is 5.74. The maximum atomic E-state index is 13.0. The molecule has 1 aromatic carbocycles. The van der Waals surface area contributed by atoms with Gasteiger partial charge in [-0.05, 0) is 50.0 Å². The normalized spacial score (nSPS) is 14.6. The molecule has 0 amide bonds. The molecule has 0 aliphatic carbocycles. The molecule has 0 radical (unpaired) electrons. The fourth-order valence-corrected chi connectivity index (χ4v) is 2.46. The van der Waals surface area contributed by atoms with Crippen molar-refractivity contribution in [1.82, 2.24) is 5.32 Å². The van der Waals surface area contributed by atoms with Gasteiger partial charge in [-0.3, -0.25) is 0 Å². The number of thioether (sulfide) groups is 1. The van der Waals surface area contributed by atoms with Crippen LogP contribution in [0.3, 0.4) is 0 Å². The van der Waals surface area contributed by atoms with Gasteiger partial charge in [0.1, 0.15) is 5.82 Å². The molecule has 2 unspecified atom stereocenters. The van der Waals surface area contributed by atoms with E-state index in [1.54, 1.807) is 12.1 Å². The standard InChI is InChI=1S/C13H19ClFNS/c1-9(6-7-17-3)16-10(2)11-4-5-13(15)12(14)8-11/h4-5,8-10,16H,6-7H2,1-3H3. The summed E-state index contributed by atoms with van der Waals surface area (Å²) in [5, 5.41) is 3.67. The van der Waals surface area contributed by atoms with Crippen molar-refractivity contribution in [3.05, 3.63) is 34.6 Å². The molecule has 96 valence electrons. The maximum Gasteiger partial charge on any atom is 0.141 e. The molecule has 1 nitrogen and oxygen atoms in total. The van der Waals surface area contributed by atoms with E-state index in [9.17, 15) is 4.39 Å².